The van der Waals surface area contributed by atoms with E-state index < -0.39 is 0 Å². The van der Waals surface area contributed by atoms with E-state index in [0.29, 0.717) is 27.8 Å². The molecule has 4 heteroatoms. The van der Waals surface area contributed by atoms with Gasteiger partial charge in [0.25, 0.3) is 0 Å². The molecular weight excluding hydrogens is 305 g/mol. The van der Waals surface area contributed by atoms with E-state index in [0.717, 1.165) is 11.3 Å². The Labute approximate surface area is 134 Å². The number of allylic oxidation sites excluding steroid dienone is 1. The number of halogens is 2. The zero-order chi connectivity index (χ0) is 15.2. The summed E-state index contributed by atoms with van der Waals surface area (Å²) in [6.45, 7) is 2.56. The minimum atomic E-state index is 0.459. The number of ether oxygens (including phenoxy) is 1. The highest BCUT2D eigenvalue weighted by molar-refractivity contribution is 6.36. The van der Waals surface area contributed by atoms with Crippen molar-refractivity contribution in [1.29, 1.82) is 5.26 Å². The summed E-state index contributed by atoms with van der Waals surface area (Å²) in [5.74, 6) is 0.803. The van der Waals surface area contributed by atoms with Gasteiger partial charge in [0.05, 0.1) is 23.3 Å². The monoisotopic (exact) mass is 317 g/mol. The zero-order valence-electron chi connectivity index (χ0n) is 11.4. The fourth-order valence-electron chi connectivity index (χ4n) is 1.87. The van der Waals surface area contributed by atoms with Crippen molar-refractivity contribution in [3.63, 3.8) is 0 Å². The van der Waals surface area contributed by atoms with Crippen LogP contribution in [0.4, 0.5) is 0 Å². The number of nitriles is 1. The van der Waals surface area contributed by atoms with Gasteiger partial charge in [0.2, 0.25) is 0 Å². The third-order valence-corrected chi connectivity index (χ3v) is 3.39. The summed E-state index contributed by atoms with van der Waals surface area (Å²) < 4.78 is 5.39. The van der Waals surface area contributed by atoms with Crippen LogP contribution in [0.2, 0.25) is 10.0 Å². The first-order valence-electron chi connectivity index (χ1n) is 6.44. The Hall–Kier alpha value is -1.95. The molecule has 2 nitrogen and oxygen atoms in total. The highest BCUT2D eigenvalue weighted by Gasteiger charge is 2.07. The van der Waals surface area contributed by atoms with E-state index in [4.69, 9.17) is 27.9 Å². The van der Waals surface area contributed by atoms with E-state index in [9.17, 15) is 5.26 Å². The smallest absolute Gasteiger partial charge is 0.119 e. The molecule has 21 heavy (non-hydrogen) atoms. The average Bonchev–Trinajstić information content (AvgIpc) is 2.47. The van der Waals surface area contributed by atoms with Crippen LogP contribution in [0.25, 0.3) is 11.6 Å². The molecule has 0 aliphatic rings. The van der Waals surface area contributed by atoms with Crippen molar-refractivity contribution in [2.75, 3.05) is 6.61 Å². The van der Waals surface area contributed by atoms with Crippen LogP contribution in [-0.4, -0.2) is 6.61 Å². The number of hydrogen-bond donors (Lipinski definition) is 0. The molecule has 0 radical (unpaired) electrons. The van der Waals surface area contributed by atoms with E-state index in [1.54, 1.807) is 24.3 Å². The molecule has 0 aliphatic heterocycles. The molecule has 0 spiro atoms. The number of benzene rings is 2. The maximum atomic E-state index is 9.34. The van der Waals surface area contributed by atoms with Gasteiger partial charge in [0.15, 0.2) is 0 Å². The second-order valence-electron chi connectivity index (χ2n) is 4.30. The van der Waals surface area contributed by atoms with Gasteiger partial charge in [-0.05, 0) is 42.8 Å². The predicted molar refractivity (Wildman–Crippen MR) is 87.6 cm³/mol. The molecule has 0 N–H and O–H groups in total. The van der Waals surface area contributed by atoms with Gasteiger partial charge >= 0.3 is 0 Å². The minimum absolute atomic E-state index is 0.459. The minimum Gasteiger partial charge on any atom is -0.494 e. The van der Waals surface area contributed by atoms with Gasteiger partial charge in [0.1, 0.15) is 5.75 Å². The van der Waals surface area contributed by atoms with Crippen molar-refractivity contribution >= 4 is 34.9 Å². The third kappa shape index (κ3) is 4.01. The number of hydrogen-bond acceptors (Lipinski definition) is 2. The van der Waals surface area contributed by atoms with Gasteiger partial charge in [-0.3, -0.25) is 0 Å². The molecule has 0 amide bonds. The lowest BCUT2D eigenvalue weighted by Gasteiger charge is -2.05. The molecule has 2 aromatic carbocycles. The fourth-order valence-corrected chi connectivity index (χ4v) is 2.38. The maximum absolute atomic E-state index is 9.34. The van der Waals surface area contributed by atoms with Crippen LogP contribution < -0.4 is 4.74 Å². The standard InChI is InChI=1S/C17H13Cl2NO/c1-2-21-15-6-3-12(4-7-15)9-13(11-20)16-8-5-14(18)10-17(16)19/h3-10H,2H2,1H3/b13-9+. The van der Waals surface area contributed by atoms with Gasteiger partial charge in [-0.25, -0.2) is 0 Å². The highest BCUT2D eigenvalue weighted by atomic mass is 35.5. The number of rotatable bonds is 4. The van der Waals surface area contributed by atoms with Crippen molar-refractivity contribution in [1.82, 2.24) is 0 Å². The molecule has 0 aromatic heterocycles. The first-order chi connectivity index (χ1) is 10.1. The van der Waals surface area contributed by atoms with Crippen LogP contribution in [0, 0.1) is 11.3 Å². The molecule has 0 atom stereocenters. The molecule has 0 unspecified atom stereocenters. The molecule has 0 fully saturated rings. The zero-order valence-corrected chi connectivity index (χ0v) is 12.9. The molecule has 0 saturated heterocycles. The molecule has 0 aliphatic carbocycles. The maximum Gasteiger partial charge on any atom is 0.119 e. The Balaban J connectivity index is 2.34. The summed E-state index contributed by atoms with van der Waals surface area (Å²) in [6.07, 6.45) is 1.78. The summed E-state index contributed by atoms with van der Waals surface area (Å²) >= 11 is 12.0. The van der Waals surface area contributed by atoms with E-state index in [1.807, 2.05) is 31.2 Å². The lowest BCUT2D eigenvalue weighted by Crippen LogP contribution is -1.90. The Morgan fingerprint density at radius 1 is 1.19 bits per heavy atom. The topological polar surface area (TPSA) is 33.0 Å². The third-order valence-electron chi connectivity index (χ3n) is 2.84. The molecule has 2 aromatic rings. The van der Waals surface area contributed by atoms with Crippen molar-refractivity contribution in [2.45, 2.75) is 6.92 Å². The second kappa shape index (κ2) is 7.17. The van der Waals surface area contributed by atoms with Crippen molar-refractivity contribution < 1.29 is 4.74 Å². The van der Waals surface area contributed by atoms with Crippen LogP contribution in [0.1, 0.15) is 18.1 Å². The Bertz CT molecular complexity index is 700. The van der Waals surface area contributed by atoms with Gasteiger partial charge in [-0.2, -0.15) is 5.26 Å². The van der Waals surface area contributed by atoms with Crippen molar-refractivity contribution in [3.05, 3.63) is 63.6 Å². The molecule has 0 saturated carbocycles. The Morgan fingerprint density at radius 2 is 1.90 bits per heavy atom. The van der Waals surface area contributed by atoms with Crippen LogP contribution in [-0.2, 0) is 0 Å². The first kappa shape index (κ1) is 15.4. The normalized spacial score (nSPS) is 11.0. The largest absolute Gasteiger partial charge is 0.494 e. The first-order valence-corrected chi connectivity index (χ1v) is 7.19. The molecule has 0 heterocycles. The van der Waals surface area contributed by atoms with Crippen LogP contribution >= 0.6 is 23.2 Å². The van der Waals surface area contributed by atoms with Gasteiger partial charge in [-0.1, -0.05) is 41.4 Å². The molecular formula is C17H13Cl2NO. The quantitative estimate of drug-likeness (QED) is 0.554. The van der Waals surface area contributed by atoms with Gasteiger partial charge in [-0.15, -0.1) is 0 Å². The fraction of sp³-hybridized carbons (Fsp3) is 0.118. The Kier molecular flexibility index (Phi) is 5.27. The summed E-state index contributed by atoms with van der Waals surface area (Å²) in [4.78, 5) is 0. The number of nitrogens with zero attached hydrogens (tertiary/aromatic N) is 1. The van der Waals surface area contributed by atoms with Crippen LogP contribution in [0.15, 0.2) is 42.5 Å². The van der Waals surface area contributed by atoms with E-state index in [1.165, 1.54) is 0 Å². The van der Waals surface area contributed by atoms with E-state index in [-0.39, 0.29) is 0 Å². The molecule has 0 bridgehead atoms. The van der Waals surface area contributed by atoms with Crippen molar-refractivity contribution in [2.24, 2.45) is 0 Å². The SMILES string of the molecule is CCOc1ccc(/C=C(\C#N)c2ccc(Cl)cc2Cl)cc1. The predicted octanol–water partition coefficient (Wildman–Crippen LogP) is 5.46. The van der Waals surface area contributed by atoms with Crippen molar-refractivity contribution in [3.8, 4) is 11.8 Å². The van der Waals surface area contributed by atoms with Crippen LogP contribution in [0.5, 0.6) is 5.75 Å². The molecule has 106 valence electrons. The highest BCUT2D eigenvalue weighted by Crippen LogP contribution is 2.28. The van der Waals surface area contributed by atoms with E-state index in [2.05, 4.69) is 6.07 Å². The summed E-state index contributed by atoms with van der Waals surface area (Å²) in [7, 11) is 0. The Morgan fingerprint density at radius 3 is 2.48 bits per heavy atom. The lowest BCUT2D eigenvalue weighted by atomic mass is 10.0. The summed E-state index contributed by atoms with van der Waals surface area (Å²) in [5, 5.41) is 10.3. The van der Waals surface area contributed by atoms with Gasteiger partial charge < -0.3 is 4.74 Å². The summed E-state index contributed by atoms with van der Waals surface area (Å²) in [5.41, 5.74) is 2.05. The summed E-state index contributed by atoms with van der Waals surface area (Å²) in [6, 6.07) is 14.8. The average molecular weight is 318 g/mol. The molecule has 2 rings (SSSR count). The van der Waals surface area contributed by atoms with E-state index >= 15 is 0 Å². The van der Waals surface area contributed by atoms with Crippen LogP contribution in [0.3, 0.4) is 0 Å². The van der Waals surface area contributed by atoms with Gasteiger partial charge in [0, 0.05) is 10.6 Å². The second-order valence-corrected chi connectivity index (χ2v) is 5.14. The lowest BCUT2D eigenvalue weighted by molar-refractivity contribution is 0.340.